The molecule has 1 saturated carbocycles. The minimum Gasteiger partial charge on any atom is -0.478 e. The molecule has 1 aliphatic carbocycles. The van der Waals surface area contributed by atoms with E-state index in [0.717, 1.165) is 12.3 Å². The summed E-state index contributed by atoms with van der Waals surface area (Å²) < 4.78 is 0. The van der Waals surface area contributed by atoms with Crippen molar-refractivity contribution in [3.63, 3.8) is 0 Å². The van der Waals surface area contributed by atoms with Crippen LogP contribution in [0.3, 0.4) is 0 Å². The van der Waals surface area contributed by atoms with Gasteiger partial charge in [-0.1, -0.05) is 0 Å². The standard InChI is InChI=1S/C11H13N3O5/c15-8-1-6(2-8)4-12-10-9(11(16)17)3-7(5-13-10)14(18)19/h3,5-6,8,15H,1-2,4H2,(H,12,13)(H,16,17). The Morgan fingerprint density at radius 2 is 2.26 bits per heavy atom. The van der Waals surface area contributed by atoms with E-state index >= 15 is 0 Å². The second kappa shape index (κ2) is 5.19. The number of hydrogen-bond donors (Lipinski definition) is 3. The average molecular weight is 267 g/mol. The number of pyridine rings is 1. The van der Waals surface area contributed by atoms with Gasteiger partial charge in [0.25, 0.3) is 5.69 Å². The molecule has 3 N–H and O–H groups in total. The van der Waals surface area contributed by atoms with E-state index in [-0.39, 0.29) is 29.1 Å². The molecule has 1 heterocycles. The fraction of sp³-hybridized carbons (Fsp3) is 0.455. The molecule has 8 nitrogen and oxygen atoms in total. The van der Waals surface area contributed by atoms with Crippen LogP contribution in [0.1, 0.15) is 23.2 Å². The van der Waals surface area contributed by atoms with E-state index in [2.05, 4.69) is 10.3 Å². The van der Waals surface area contributed by atoms with Crippen molar-refractivity contribution in [1.82, 2.24) is 4.98 Å². The Morgan fingerprint density at radius 3 is 2.79 bits per heavy atom. The maximum atomic E-state index is 11.0. The molecule has 102 valence electrons. The first kappa shape index (κ1) is 13.2. The third-order valence-electron chi connectivity index (χ3n) is 3.08. The second-order valence-corrected chi connectivity index (χ2v) is 4.52. The number of carboxylic acids is 1. The highest BCUT2D eigenvalue weighted by molar-refractivity contribution is 5.93. The number of carboxylic acid groups (broad SMARTS) is 1. The van der Waals surface area contributed by atoms with Gasteiger partial charge in [0.15, 0.2) is 0 Å². The van der Waals surface area contributed by atoms with E-state index in [4.69, 9.17) is 10.2 Å². The number of rotatable bonds is 5. The fourth-order valence-electron chi connectivity index (χ4n) is 1.97. The molecule has 8 heteroatoms. The summed E-state index contributed by atoms with van der Waals surface area (Å²) in [6.07, 6.45) is 2.07. The molecule has 1 fully saturated rings. The molecule has 1 aliphatic rings. The molecule has 0 amide bonds. The molecule has 1 aromatic rings. The smallest absolute Gasteiger partial charge is 0.339 e. The van der Waals surface area contributed by atoms with Crippen molar-refractivity contribution >= 4 is 17.5 Å². The Labute approximate surface area is 108 Å². The zero-order valence-corrected chi connectivity index (χ0v) is 9.94. The summed E-state index contributed by atoms with van der Waals surface area (Å²) in [7, 11) is 0. The molecule has 19 heavy (non-hydrogen) atoms. The van der Waals surface area contributed by atoms with Gasteiger partial charge in [0, 0.05) is 12.6 Å². The molecule has 0 aromatic carbocycles. The molecule has 0 aliphatic heterocycles. The molecule has 0 atom stereocenters. The summed E-state index contributed by atoms with van der Waals surface area (Å²) in [5.74, 6) is -0.888. The molecule has 1 aromatic heterocycles. The lowest BCUT2D eigenvalue weighted by atomic mass is 9.82. The molecule has 2 rings (SSSR count). The van der Waals surface area contributed by atoms with E-state index < -0.39 is 10.9 Å². The van der Waals surface area contributed by atoms with Gasteiger partial charge < -0.3 is 15.5 Å². The van der Waals surface area contributed by atoms with Gasteiger partial charge in [0.2, 0.25) is 0 Å². The maximum Gasteiger partial charge on any atom is 0.339 e. The van der Waals surface area contributed by atoms with Crippen LogP contribution in [0.15, 0.2) is 12.3 Å². The van der Waals surface area contributed by atoms with Crippen LogP contribution in [0.25, 0.3) is 0 Å². The zero-order valence-electron chi connectivity index (χ0n) is 9.94. The van der Waals surface area contributed by atoms with Crippen LogP contribution in [-0.2, 0) is 0 Å². The number of anilines is 1. The molecule has 0 unspecified atom stereocenters. The number of aromatic carboxylic acids is 1. The maximum absolute atomic E-state index is 11.0. The Morgan fingerprint density at radius 1 is 1.58 bits per heavy atom. The first-order chi connectivity index (χ1) is 8.97. The lowest BCUT2D eigenvalue weighted by Crippen LogP contribution is -2.33. The predicted molar refractivity (Wildman–Crippen MR) is 65.1 cm³/mol. The van der Waals surface area contributed by atoms with Crippen molar-refractivity contribution in [2.24, 2.45) is 5.92 Å². The highest BCUT2D eigenvalue weighted by atomic mass is 16.6. The summed E-state index contributed by atoms with van der Waals surface area (Å²) >= 11 is 0. The Bertz CT molecular complexity index is 513. The van der Waals surface area contributed by atoms with Crippen LogP contribution in [0.2, 0.25) is 0 Å². The van der Waals surface area contributed by atoms with E-state index in [0.29, 0.717) is 19.4 Å². The molecule has 0 spiro atoms. The molecule has 0 saturated heterocycles. The van der Waals surface area contributed by atoms with Gasteiger partial charge in [0.1, 0.15) is 17.6 Å². The highest BCUT2D eigenvalue weighted by Gasteiger charge is 2.27. The van der Waals surface area contributed by atoms with Crippen LogP contribution in [0, 0.1) is 16.0 Å². The summed E-state index contributed by atoms with van der Waals surface area (Å²) in [4.78, 5) is 24.7. The average Bonchev–Trinajstić information content (AvgIpc) is 2.32. The monoisotopic (exact) mass is 267 g/mol. The quantitative estimate of drug-likeness (QED) is 0.533. The number of aliphatic hydroxyl groups excluding tert-OH is 1. The number of carbonyl (C=O) groups is 1. The van der Waals surface area contributed by atoms with Crippen LogP contribution >= 0.6 is 0 Å². The molecular formula is C11H13N3O5. The summed E-state index contributed by atoms with van der Waals surface area (Å²) in [5, 5.41) is 31.6. The molecular weight excluding hydrogens is 254 g/mol. The van der Waals surface area contributed by atoms with Crippen molar-refractivity contribution in [3.8, 4) is 0 Å². The van der Waals surface area contributed by atoms with Crippen molar-refractivity contribution in [2.45, 2.75) is 18.9 Å². The van der Waals surface area contributed by atoms with Crippen LogP contribution in [0.4, 0.5) is 11.5 Å². The first-order valence-electron chi connectivity index (χ1n) is 5.77. The predicted octanol–water partition coefficient (Wildman–Crippen LogP) is 0.871. The number of aliphatic hydroxyl groups is 1. The fourth-order valence-corrected chi connectivity index (χ4v) is 1.97. The van der Waals surface area contributed by atoms with Crippen LogP contribution < -0.4 is 5.32 Å². The number of hydrogen-bond acceptors (Lipinski definition) is 6. The van der Waals surface area contributed by atoms with Crippen LogP contribution in [0.5, 0.6) is 0 Å². The summed E-state index contributed by atoms with van der Waals surface area (Å²) in [6, 6.07) is 0.979. The van der Waals surface area contributed by atoms with E-state index in [9.17, 15) is 14.9 Å². The third-order valence-corrected chi connectivity index (χ3v) is 3.08. The van der Waals surface area contributed by atoms with Crippen LogP contribution in [-0.4, -0.2) is 38.7 Å². The minimum absolute atomic E-state index is 0.111. The number of nitrogens with one attached hydrogen (secondary N) is 1. The van der Waals surface area contributed by atoms with Gasteiger partial charge >= 0.3 is 5.97 Å². The first-order valence-corrected chi connectivity index (χ1v) is 5.77. The highest BCUT2D eigenvalue weighted by Crippen LogP contribution is 2.28. The van der Waals surface area contributed by atoms with Gasteiger partial charge in [-0.25, -0.2) is 9.78 Å². The number of nitrogens with zero attached hydrogens (tertiary/aromatic N) is 2. The van der Waals surface area contributed by atoms with Gasteiger partial charge in [-0.3, -0.25) is 10.1 Å². The summed E-state index contributed by atoms with van der Waals surface area (Å²) in [6.45, 7) is 0.488. The third kappa shape index (κ3) is 2.97. The Kier molecular flexibility index (Phi) is 3.61. The number of aromatic nitrogens is 1. The van der Waals surface area contributed by atoms with Crippen molar-refractivity contribution in [1.29, 1.82) is 0 Å². The summed E-state index contributed by atoms with van der Waals surface area (Å²) in [5.41, 5.74) is -0.587. The normalized spacial score (nSPS) is 21.5. The molecule has 0 bridgehead atoms. The van der Waals surface area contributed by atoms with E-state index in [1.807, 2.05) is 0 Å². The lowest BCUT2D eigenvalue weighted by Gasteiger charge is -2.31. The lowest BCUT2D eigenvalue weighted by molar-refractivity contribution is -0.385. The van der Waals surface area contributed by atoms with Gasteiger partial charge in [-0.05, 0) is 18.8 Å². The Hall–Kier alpha value is -2.22. The topological polar surface area (TPSA) is 126 Å². The van der Waals surface area contributed by atoms with Gasteiger partial charge in [0.05, 0.1) is 11.0 Å². The zero-order chi connectivity index (χ0) is 14.0. The Balaban J connectivity index is 2.10. The van der Waals surface area contributed by atoms with E-state index in [1.165, 1.54) is 0 Å². The number of nitro groups is 1. The van der Waals surface area contributed by atoms with Gasteiger partial charge in [-0.15, -0.1) is 0 Å². The van der Waals surface area contributed by atoms with Crippen molar-refractivity contribution in [2.75, 3.05) is 11.9 Å². The van der Waals surface area contributed by atoms with Crippen molar-refractivity contribution < 1.29 is 19.9 Å². The molecule has 0 radical (unpaired) electrons. The largest absolute Gasteiger partial charge is 0.478 e. The van der Waals surface area contributed by atoms with Gasteiger partial charge in [-0.2, -0.15) is 0 Å². The second-order valence-electron chi connectivity index (χ2n) is 4.52. The van der Waals surface area contributed by atoms with Crippen molar-refractivity contribution in [3.05, 3.63) is 27.9 Å². The van der Waals surface area contributed by atoms with E-state index in [1.54, 1.807) is 0 Å². The SMILES string of the molecule is O=C(O)c1cc([N+](=O)[O-])cnc1NCC1CC(O)C1. The minimum atomic E-state index is -1.27.